The predicted molar refractivity (Wildman–Crippen MR) is 118 cm³/mol. The van der Waals surface area contributed by atoms with E-state index < -0.39 is 11.9 Å². The molecule has 0 N–H and O–H groups in total. The summed E-state index contributed by atoms with van der Waals surface area (Å²) in [6, 6.07) is 6.10. The third kappa shape index (κ3) is 8.54. The molecule has 4 heteroatoms. The van der Waals surface area contributed by atoms with Crippen LogP contribution in [0.2, 0.25) is 0 Å². The van der Waals surface area contributed by atoms with Crippen LogP contribution in [0.1, 0.15) is 10.4 Å². The number of esters is 2. The Bertz CT molecular complexity index is 878. The first-order valence-corrected chi connectivity index (χ1v) is 8.77. The lowest BCUT2D eigenvalue weighted by molar-refractivity contribution is -0.129. The van der Waals surface area contributed by atoms with E-state index in [1.807, 2.05) is 0 Å². The Labute approximate surface area is 171 Å². The largest absolute Gasteiger partial charge is 0.457 e. The van der Waals surface area contributed by atoms with Gasteiger partial charge in [-0.1, -0.05) is 74.9 Å². The van der Waals surface area contributed by atoms with E-state index in [0.29, 0.717) is 16.9 Å². The van der Waals surface area contributed by atoms with Crippen LogP contribution in [-0.4, -0.2) is 18.5 Å². The second-order valence-corrected chi connectivity index (χ2v) is 5.51. The molecule has 0 amide bonds. The molecule has 0 saturated carbocycles. The SMILES string of the molecule is C=C/C=C\C(=C/C=C)COC(=O)c1ccc(OC(=O)C(/C=C\C=C)=C/C=C)cc1. The van der Waals surface area contributed by atoms with E-state index in [1.54, 1.807) is 48.6 Å². The van der Waals surface area contributed by atoms with Crippen LogP contribution in [-0.2, 0) is 9.53 Å². The molecule has 0 aliphatic carbocycles. The number of hydrogen-bond donors (Lipinski definition) is 0. The average Bonchev–Trinajstić information content (AvgIpc) is 2.73. The second kappa shape index (κ2) is 13.3. The molecule has 0 atom stereocenters. The van der Waals surface area contributed by atoms with Crippen molar-refractivity contribution in [3.05, 3.63) is 128 Å². The van der Waals surface area contributed by atoms with Gasteiger partial charge < -0.3 is 9.47 Å². The maximum atomic E-state index is 12.2. The Morgan fingerprint density at radius 3 is 2.03 bits per heavy atom. The third-order valence-electron chi connectivity index (χ3n) is 3.39. The fraction of sp³-hybridized carbons (Fsp3) is 0.0400. The molecule has 0 spiro atoms. The van der Waals surface area contributed by atoms with Crippen LogP contribution < -0.4 is 4.74 Å². The number of allylic oxidation sites excluding steroid dienone is 8. The molecule has 148 valence electrons. The molecule has 0 saturated heterocycles. The number of ether oxygens (including phenoxy) is 2. The summed E-state index contributed by atoms with van der Waals surface area (Å²) in [5.74, 6) is -0.743. The van der Waals surface area contributed by atoms with Gasteiger partial charge in [-0.05, 0) is 42.0 Å². The molecule has 4 nitrogen and oxygen atoms in total. The molecule has 0 bridgehead atoms. The van der Waals surface area contributed by atoms with Crippen LogP contribution in [0.15, 0.2) is 122 Å². The normalized spacial score (nSPS) is 11.9. The molecule has 1 aromatic carbocycles. The Hall–Kier alpha value is -3.92. The number of benzene rings is 1. The zero-order valence-corrected chi connectivity index (χ0v) is 16.3. The maximum Gasteiger partial charge on any atom is 0.343 e. The summed E-state index contributed by atoms with van der Waals surface area (Å²) < 4.78 is 10.6. The van der Waals surface area contributed by atoms with Gasteiger partial charge >= 0.3 is 11.9 Å². The first-order chi connectivity index (χ1) is 14.0. The van der Waals surface area contributed by atoms with Crippen molar-refractivity contribution >= 4 is 11.9 Å². The molecule has 1 aromatic rings. The Morgan fingerprint density at radius 2 is 1.45 bits per heavy atom. The summed E-state index contributed by atoms with van der Waals surface area (Å²) in [4.78, 5) is 24.4. The van der Waals surface area contributed by atoms with Gasteiger partial charge in [-0.2, -0.15) is 0 Å². The first kappa shape index (κ1) is 23.1. The Kier molecular flexibility index (Phi) is 10.6. The van der Waals surface area contributed by atoms with E-state index in [-0.39, 0.29) is 6.61 Å². The Balaban J connectivity index is 2.77. The van der Waals surface area contributed by atoms with Crippen LogP contribution >= 0.6 is 0 Å². The molecule has 0 aliphatic rings. The third-order valence-corrected chi connectivity index (χ3v) is 3.39. The molecule has 0 aliphatic heterocycles. The van der Waals surface area contributed by atoms with E-state index in [9.17, 15) is 9.59 Å². The fourth-order valence-corrected chi connectivity index (χ4v) is 2.04. The molecule has 0 aromatic heterocycles. The fourth-order valence-electron chi connectivity index (χ4n) is 2.04. The van der Waals surface area contributed by atoms with E-state index in [2.05, 4.69) is 26.3 Å². The molecule has 0 unspecified atom stereocenters. The summed E-state index contributed by atoms with van der Waals surface area (Å²) in [6.07, 6.45) is 16.3. The minimum absolute atomic E-state index is 0.0945. The summed E-state index contributed by atoms with van der Waals surface area (Å²) in [6.45, 7) is 14.5. The van der Waals surface area contributed by atoms with E-state index in [1.165, 1.54) is 36.4 Å². The van der Waals surface area contributed by atoms with Crippen LogP contribution in [0.5, 0.6) is 5.75 Å². The van der Waals surface area contributed by atoms with Gasteiger partial charge in [0.2, 0.25) is 0 Å². The van der Waals surface area contributed by atoms with Gasteiger partial charge in [0.05, 0.1) is 11.1 Å². The Morgan fingerprint density at radius 1 is 0.828 bits per heavy atom. The number of rotatable bonds is 11. The van der Waals surface area contributed by atoms with Crippen molar-refractivity contribution < 1.29 is 19.1 Å². The lowest BCUT2D eigenvalue weighted by Crippen LogP contribution is -2.10. The van der Waals surface area contributed by atoms with E-state index in [4.69, 9.17) is 9.47 Å². The quantitative estimate of drug-likeness (QED) is 0.219. The van der Waals surface area contributed by atoms with Crippen LogP contribution in [0, 0.1) is 0 Å². The van der Waals surface area contributed by atoms with Crippen molar-refractivity contribution in [2.75, 3.05) is 6.61 Å². The highest BCUT2D eigenvalue weighted by molar-refractivity contribution is 5.94. The lowest BCUT2D eigenvalue weighted by Gasteiger charge is -2.07. The van der Waals surface area contributed by atoms with Gasteiger partial charge in [0.15, 0.2) is 0 Å². The zero-order chi connectivity index (χ0) is 21.5. The van der Waals surface area contributed by atoms with Crippen LogP contribution in [0.4, 0.5) is 0 Å². The highest BCUT2D eigenvalue weighted by Crippen LogP contribution is 2.15. The van der Waals surface area contributed by atoms with Gasteiger partial charge in [0, 0.05) is 0 Å². The summed E-state index contributed by atoms with van der Waals surface area (Å²) >= 11 is 0. The topological polar surface area (TPSA) is 52.6 Å². The number of carbonyl (C=O) groups is 2. The van der Waals surface area contributed by atoms with Crippen molar-refractivity contribution in [2.45, 2.75) is 0 Å². The van der Waals surface area contributed by atoms with Gasteiger partial charge in [-0.15, -0.1) is 0 Å². The van der Waals surface area contributed by atoms with Crippen molar-refractivity contribution in [1.29, 1.82) is 0 Å². The zero-order valence-electron chi connectivity index (χ0n) is 16.3. The highest BCUT2D eigenvalue weighted by Gasteiger charge is 2.11. The summed E-state index contributed by atoms with van der Waals surface area (Å²) in [5, 5.41) is 0. The lowest BCUT2D eigenvalue weighted by atomic mass is 10.2. The molecular weight excluding hydrogens is 364 g/mol. The van der Waals surface area contributed by atoms with Crippen molar-refractivity contribution in [3.8, 4) is 5.75 Å². The predicted octanol–water partition coefficient (Wildman–Crippen LogP) is 5.46. The molecule has 0 heterocycles. The standard InChI is InChI=1S/C25H24O4/c1-5-9-13-20(11-7-3)19-28-24(26)22-15-17-23(18-16-22)29-25(27)21(12-8-4)14-10-6-2/h5-18H,1-4,19H2/b13-9-,14-10-,20-11+,21-12+. The molecule has 1 rings (SSSR count). The first-order valence-electron chi connectivity index (χ1n) is 8.77. The minimum Gasteiger partial charge on any atom is -0.457 e. The van der Waals surface area contributed by atoms with Crippen molar-refractivity contribution in [1.82, 2.24) is 0 Å². The maximum absolute atomic E-state index is 12.2. The van der Waals surface area contributed by atoms with Gasteiger partial charge in [0.25, 0.3) is 0 Å². The minimum atomic E-state index is -0.550. The summed E-state index contributed by atoms with van der Waals surface area (Å²) in [5.41, 5.74) is 1.43. The second-order valence-electron chi connectivity index (χ2n) is 5.51. The van der Waals surface area contributed by atoms with Crippen molar-refractivity contribution in [3.63, 3.8) is 0 Å². The molecule has 0 fully saturated rings. The van der Waals surface area contributed by atoms with Crippen molar-refractivity contribution in [2.24, 2.45) is 0 Å². The van der Waals surface area contributed by atoms with Crippen LogP contribution in [0.3, 0.4) is 0 Å². The van der Waals surface area contributed by atoms with Gasteiger partial charge in [-0.25, -0.2) is 9.59 Å². The summed E-state index contributed by atoms with van der Waals surface area (Å²) in [7, 11) is 0. The molecule has 29 heavy (non-hydrogen) atoms. The number of hydrogen-bond acceptors (Lipinski definition) is 4. The van der Waals surface area contributed by atoms with E-state index in [0.717, 1.165) is 5.57 Å². The van der Waals surface area contributed by atoms with Gasteiger partial charge in [0.1, 0.15) is 12.4 Å². The van der Waals surface area contributed by atoms with Crippen LogP contribution in [0.25, 0.3) is 0 Å². The number of carbonyl (C=O) groups excluding carboxylic acids is 2. The van der Waals surface area contributed by atoms with E-state index >= 15 is 0 Å². The monoisotopic (exact) mass is 388 g/mol. The smallest absolute Gasteiger partial charge is 0.343 e. The highest BCUT2D eigenvalue weighted by atomic mass is 16.5. The van der Waals surface area contributed by atoms with Gasteiger partial charge in [-0.3, -0.25) is 0 Å². The molecular formula is C25H24O4. The average molecular weight is 388 g/mol. The molecule has 0 radical (unpaired) electrons.